The molecule has 0 heterocycles. The Labute approximate surface area is 134 Å². The summed E-state index contributed by atoms with van der Waals surface area (Å²) in [6.07, 6.45) is 0. The van der Waals surface area contributed by atoms with Gasteiger partial charge in [-0.3, -0.25) is 0 Å². The molecular weight excluding hydrogens is 348 g/mol. The van der Waals surface area contributed by atoms with Crippen molar-refractivity contribution in [2.45, 2.75) is 0 Å². The molecule has 0 unspecified atom stereocenters. The first-order valence-electron chi connectivity index (χ1n) is 6.60. The van der Waals surface area contributed by atoms with Crippen LogP contribution in [-0.4, -0.2) is 0 Å². The predicted molar refractivity (Wildman–Crippen MR) is 87.9 cm³/mol. The van der Waals surface area contributed by atoms with Crippen LogP contribution in [0.25, 0.3) is 0 Å². The van der Waals surface area contributed by atoms with Crippen molar-refractivity contribution >= 4 is 23.8 Å². The molecule has 0 spiro atoms. The second-order valence-corrected chi connectivity index (χ2v) is 7.53. The third-order valence-electron chi connectivity index (χ3n) is 3.40. The minimum atomic E-state index is -1.31. The fraction of sp³-hybridized carbons (Fsp3) is 0. The van der Waals surface area contributed by atoms with E-state index < -0.39 is 7.92 Å². The molecule has 0 N–H and O–H groups in total. The molecule has 0 bridgehead atoms. The molecule has 0 fully saturated rings. The second kappa shape index (κ2) is 7.48. The van der Waals surface area contributed by atoms with Crippen molar-refractivity contribution < 1.29 is 19.5 Å². The maximum atomic E-state index is 2.26. The fourth-order valence-electron chi connectivity index (χ4n) is 2.51. The van der Waals surface area contributed by atoms with Gasteiger partial charge in [-0.25, -0.2) is 0 Å². The molecule has 0 radical (unpaired) electrons. The van der Waals surface area contributed by atoms with Gasteiger partial charge in [0, 0.05) is 19.5 Å². The monoisotopic (exact) mass is 366 g/mol. The molecule has 102 valence electrons. The molecule has 0 saturated carbocycles. The van der Waals surface area contributed by atoms with E-state index in [-0.39, 0.29) is 19.5 Å². The van der Waals surface area contributed by atoms with Gasteiger partial charge in [0.1, 0.15) is 0 Å². The van der Waals surface area contributed by atoms with E-state index in [9.17, 15) is 0 Å². The Bertz CT molecular complexity index is 529. The number of hydrogen-bond donors (Lipinski definition) is 0. The Kier molecular flexibility index (Phi) is 5.65. The van der Waals surface area contributed by atoms with Crippen molar-refractivity contribution in [3.05, 3.63) is 91.0 Å². The van der Waals surface area contributed by atoms with E-state index in [1.165, 1.54) is 15.9 Å². The molecule has 0 saturated heterocycles. The number of benzene rings is 3. The molecule has 0 atom stereocenters. The van der Waals surface area contributed by atoms with Crippen LogP contribution >= 0.6 is 7.92 Å². The van der Waals surface area contributed by atoms with E-state index in [1.54, 1.807) is 0 Å². The van der Waals surface area contributed by atoms with Crippen LogP contribution in [0.15, 0.2) is 91.0 Å². The third-order valence-corrected chi connectivity index (χ3v) is 6.55. The molecule has 3 aromatic carbocycles. The van der Waals surface area contributed by atoms with Gasteiger partial charge >= 0.3 is 115 Å². The van der Waals surface area contributed by atoms with E-state index in [4.69, 9.17) is 0 Å². The molecule has 0 aromatic heterocycles. The molecule has 3 aromatic rings. The third kappa shape index (κ3) is 3.42. The summed E-state index contributed by atoms with van der Waals surface area (Å²) in [5.41, 5.74) is 0. The quantitative estimate of drug-likeness (QED) is 0.495. The van der Waals surface area contributed by atoms with E-state index in [2.05, 4.69) is 91.0 Å². The van der Waals surface area contributed by atoms with E-state index in [0.717, 1.165) is 0 Å². The normalized spacial score (nSPS) is 10.5. The Morgan fingerprint density at radius 3 is 0.900 bits per heavy atom. The summed E-state index contributed by atoms with van der Waals surface area (Å²) in [5, 5.41) is 4.42. The summed E-state index contributed by atoms with van der Waals surface area (Å²) in [6, 6.07) is 32.7. The number of hydrogen-bond acceptors (Lipinski definition) is 0. The summed E-state index contributed by atoms with van der Waals surface area (Å²) in [5.74, 6) is 0. The second-order valence-electron chi connectivity index (χ2n) is 4.67. The van der Waals surface area contributed by atoms with Crippen LogP contribution in [0.3, 0.4) is 0 Å². The molecule has 3 rings (SSSR count). The summed E-state index contributed by atoms with van der Waals surface area (Å²) >= 11 is 0. The molecule has 2 heteroatoms. The van der Waals surface area contributed by atoms with Gasteiger partial charge in [-0.2, -0.15) is 0 Å². The van der Waals surface area contributed by atoms with Gasteiger partial charge in [-0.1, -0.05) is 0 Å². The minimum absolute atomic E-state index is 0. The van der Waals surface area contributed by atoms with Crippen LogP contribution in [0.1, 0.15) is 0 Å². The summed E-state index contributed by atoms with van der Waals surface area (Å²) in [6.45, 7) is 0. The van der Waals surface area contributed by atoms with E-state index in [0.29, 0.717) is 0 Å². The van der Waals surface area contributed by atoms with Gasteiger partial charge < -0.3 is 0 Å². The predicted octanol–water partition coefficient (Wildman–Crippen LogP) is 2.91. The van der Waals surface area contributed by atoms with Crippen molar-refractivity contribution in [1.82, 2.24) is 0 Å². The van der Waals surface area contributed by atoms with Crippen LogP contribution in [-0.2, 0) is 19.5 Å². The van der Waals surface area contributed by atoms with Crippen molar-refractivity contribution in [2.24, 2.45) is 0 Å². The Morgan fingerprint density at radius 2 is 0.650 bits per heavy atom. The van der Waals surface area contributed by atoms with Crippen molar-refractivity contribution in [3.63, 3.8) is 0 Å². The molecule has 0 amide bonds. The average Bonchev–Trinajstić information content (AvgIpc) is 2.51. The Morgan fingerprint density at radius 1 is 0.400 bits per heavy atom. The van der Waals surface area contributed by atoms with Crippen LogP contribution in [0.2, 0.25) is 0 Å². The molecule has 0 aliphatic rings. The van der Waals surface area contributed by atoms with Crippen molar-refractivity contribution in [1.29, 1.82) is 0 Å². The summed E-state index contributed by atoms with van der Waals surface area (Å²) in [7, 11) is -1.31. The molecule has 0 aliphatic carbocycles. The van der Waals surface area contributed by atoms with Crippen molar-refractivity contribution in [3.8, 4) is 0 Å². The van der Waals surface area contributed by atoms with Crippen molar-refractivity contribution in [2.75, 3.05) is 0 Å². The van der Waals surface area contributed by atoms with E-state index in [1.807, 2.05) is 0 Å². The van der Waals surface area contributed by atoms with Crippen LogP contribution < -0.4 is 15.9 Å². The van der Waals surface area contributed by atoms with Gasteiger partial charge in [0.25, 0.3) is 0 Å². The fourth-order valence-corrected chi connectivity index (χ4v) is 5.49. The topological polar surface area (TPSA) is 0 Å². The van der Waals surface area contributed by atoms with Crippen LogP contribution in [0, 0.1) is 0 Å². The SMILES string of the molecule is [Ru].c1ccc([PH2](c2ccccc2)c2ccccc2)cc1. The zero-order valence-electron chi connectivity index (χ0n) is 11.1. The van der Waals surface area contributed by atoms with Gasteiger partial charge in [0.2, 0.25) is 0 Å². The summed E-state index contributed by atoms with van der Waals surface area (Å²) in [4.78, 5) is 0. The zero-order valence-corrected chi connectivity index (χ0v) is 14.0. The standard InChI is InChI=1S/C18H17P.Ru/c1-4-10-16(11-5-1)19(17-12-6-2-7-13-17)18-14-8-3-9-15-18;/h1-15H,19H2;. The van der Waals surface area contributed by atoms with Gasteiger partial charge in [0.15, 0.2) is 0 Å². The van der Waals surface area contributed by atoms with Crippen LogP contribution in [0.5, 0.6) is 0 Å². The molecule has 0 nitrogen and oxygen atoms in total. The zero-order chi connectivity index (χ0) is 12.9. The Hall–Kier alpha value is -1.29. The van der Waals surface area contributed by atoms with Gasteiger partial charge in [-0.05, 0) is 0 Å². The molecule has 20 heavy (non-hydrogen) atoms. The first-order chi connectivity index (χ1) is 9.45. The van der Waals surface area contributed by atoms with Gasteiger partial charge in [-0.15, -0.1) is 0 Å². The average molecular weight is 365 g/mol. The van der Waals surface area contributed by atoms with E-state index >= 15 is 0 Å². The maximum absolute atomic E-state index is 2.26. The molecule has 0 aliphatic heterocycles. The Balaban J connectivity index is 0.00000147. The summed E-state index contributed by atoms with van der Waals surface area (Å²) < 4.78 is 0. The first kappa shape index (κ1) is 15.1. The first-order valence-corrected chi connectivity index (χ1v) is 8.33. The van der Waals surface area contributed by atoms with Gasteiger partial charge in [0.05, 0.1) is 0 Å². The number of rotatable bonds is 3. The van der Waals surface area contributed by atoms with Crippen LogP contribution in [0.4, 0.5) is 0 Å². The molecular formula is C18H17PRu.